The Morgan fingerprint density at radius 1 is 1.15 bits per heavy atom. The van der Waals surface area contributed by atoms with Crippen LogP contribution in [0.15, 0.2) is 30.3 Å². The van der Waals surface area contributed by atoms with Crippen LogP contribution in [-0.4, -0.2) is 6.18 Å². The van der Waals surface area contributed by atoms with Crippen molar-refractivity contribution in [3.8, 4) is 0 Å². The fourth-order valence-corrected chi connectivity index (χ4v) is 0.958. The lowest BCUT2D eigenvalue weighted by Crippen LogP contribution is -2.00. The van der Waals surface area contributed by atoms with Crippen LogP contribution in [0.4, 0.5) is 13.2 Å². The molecule has 0 aliphatic carbocycles. The van der Waals surface area contributed by atoms with Gasteiger partial charge in [0.25, 0.3) is 0 Å². The third-order valence-electron chi connectivity index (χ3n) is 1.64. The maximum absolute atomic E-state index is 11.8. The topological polar surface area (TPSA) is 0 Å². The van der Waals surface area contributed by atoms with Crippen molar-refractivity contribution in [3.05, 3.63) is 41.5 Å². The largest absolute Gasteiger partial charge is 0.409 e. The Bertz CT molecular complexity index is 310. The number of hydrogen-bond donors (Lipinski definition) is 0. The number of aryl methyl sites for hydroxylation is 1. The van der Waals surface area contributed by atoms with Crippen LogP contribution in [0.25, 0.3) is 6.08 Å². The van der Waals surface area contributed by atoms with E-state index in [9.17, 15) is 13.2 Å². The van der Waals surface area contributed by atoms with Crippen LogP contribution in [-0.2, 0) is 0 Å². The van der Waals surface area contributed by atoms with Gasteiger partial charge in [-0.3, -0.25) is 0 Å². The van der Waals surface area contributed by atoms with Gasteiger partial charge in [0.1, 0.15) is 0 Å². The van der Waals surface area contributed by atoms with Crippen molar-refractivity contribution in [2.75, 3.05) is 0 Å². The average molecular weight is 186 g/mol. The van der Waals surface area contributed by atoms with Crippen molar-refractivity contribution in [3.63, 3.8) is 0 Å². The molecule has 1 rings (SSSR count). The molecule has 0 spiro atoms. The lowest BCUT2D eigenvalue weighted by molar-refractivity contribution is -0.0790. The summed E-state index contributed by atoms with van der Waals surface area (Å²) >= 11 is 0. The summed E-state index contributed by atoms with van der Waals surface area (Å²) in [7, 11) is 0. The molecule has 0 saturated heterocycles. The Hall–Kier alpha value is -1.25. The average Bonchev–Trinajstić information content (AvgIpc) is 2.01. The van der Waals surface area contributed by atoms with Gasteiger partial charge in [-0.05, 0) is 24.1 Å². The molecule has 70 valence electrons. The van der Waals surface area contributed by atoms with Gasteiger partial charge < -0.3 is 0 Å². The van der Waals surface area contributed by atoms with Crippen molar-refractivity contribution in [2.24, 2.45) is 0 Å². The van der Waals surface area contributed by atoms with Gasteiger partial charge in [-0.25, -0.2) is 0 Å². The molecule has 0 aliphatic heterocycles. The minimum atomic E-state index is -4.23. The summed E-state index contributed by atoms with van der Waals surface area (Å²) in [6.07, 6.45) is -2.91. The summed E-state index contributed by atoms with van der Waals surface area (Å²) in [5.41, 5.74) is 1.43. The molecule has 1 aromatic carbocycles. The summed E-state index contributed by atoms with van der Waals surface area (Å²) in [6, 6.07) is 6.93. The molecule has 0 radical (unpaired) electrons. The zero-order chi connectivity index (χ0) is 9.90. The Balaban J connectivity index is 2.86. The minimum absolute atomic E-state index is 0.245. The molecule has 0 amide bonds. The highest BCUT2D eigenvalue weighted by Crippen LogP contribution is 2.19. The van der Waals surface area contributed by atoms with Crippen LogP contribution >= 0.6 is 0 Å². The lowest BCUT2D eigenvalue weighted by atomic mass is 10.1. The monoisotopic (exact) mass is 186 g/mol. The molecule has 0 nitrogen and oxygen atoms in total. The molecule has 0 bridgehead atoms. The van der Waals surface area contributed by atoms with Crippen molar-refractivity contribution < 1.29 is 13.2 Å². The first-order valence-corrected chi connectivity index (χ1v) is 3.80. The number of hydrogen-bond acceptors (Lipinski definition) is 0. The third kappa shape index (κ3) is 3.32. The SMILES string of the molecule is Cc1ccccc1/C=C/C(F)(F)F. The van der Waals surface area contributed by atoms with Gasteiger partial charge in [-0.2, -0.15) is 13.2 Å². The van der Waals surface area contributed by atoms with Crippen molar-refractivity contribution in [1.29, 1.82) is 0 Å². The smallest absolute Gasteiger partial charge is 0.167 e. The standard InChI is InChI=1S/C10H9F3/c1-8-4-2-3-5-9(8)6-7-10(11,12)13/h2-7H,1H3/b7-6+. The van der Waals surface area contributed by atoms with E-state index >= 15 is 0 Å². The van der Waals surface area contributed by atoms with Crippen LogP contribution in [0, 0.1) is 6.92 Å². The minimum Gasteiger partial charge on any atom is -0.167 e. The number of benzene rings is 1. The summed E-state index contributed by atoms with van der Waals surface area (Å²) in [5, 5.41) is 0. The van der Waals surface area contributed by atoms with E-state index in [0.29, 0.717) is 5.56 Å². The predicted octanol–water partition coefficient (Wildman–Crippen LogP) is 3.57. The van der Waals surface area contributed by atoms with Crippen LogP contribution in [0.3, 0.4) is 0 Å². The van der Waals surface area contributed by atoms with Gasteiger partial charge in [0.15, 0.2) is 0 Å². The molecule has 0 atom stereocenters. The van der Waals surface area contributed by atoms with Crippen LogP contribution in [0.5, 0.6) is 0 Å². The van der Waals surface area contributed by atoms with Crippen molar-refractivity contribution in [2.45, 2.75) is 13.1 Å². The molecule has 0 N–H and O–H groups in total. The highest BCUT2D eigenvalue weighted by atomic mass is 19.4. The number of allylic oxidation sites excluding steroid dienone is 1. The second kappa shape index (κ2) is 3.64. The van der Waals surface area contributed by atoms with Gasteiger partial charge in [0.05, 0.1) is 0 Å². The van der Waals surface area contributed by atoms with Crippen LogP contribution < -0.4 is 0 Å². The first kappa shape index (κ1) is 9.84. The van der Waals surface area contributed by atoms with Crippen molar-refractivity contribution >= 4 is 6.08 Å². The molecular weight excluding hydrogens is 177 g/mol. The van der Waals surface area contributed by atoms with Gasteiger partial charge in [-0.15, -0.1) is 0 Å². The molecule has 0 saturated carbocycles. The lowest BCUT2D eigenvalue weighted by Gasteiger charge is -2.00. The van der Waals surface area contributed by atoms with E-state index in [1.54, 1.807) is 31.2 Å². The van der Waals surface area contributed by atoms with E-state index in [2.05, 4.69) is 0 Å². The van der Waals surface area contributed by atoms with E-state index in [0.717, 1.165) is 11.6 Å². The number of rotatable bonds is 1. The molecule has 0 heterocycles. The van der Waals surface area contributed by atoms with E-state index in [1.165, 1.54) is 0 Å². The summed E-state index contributed by atoms with van der Waals surface area (Å²) in [5.74, 6) is 0. The van der Waals surface area contributed by atoms with Gasteiger partial charge in [0.2, 0.25) is 0 Å². The van der Waals surface area contributed by atoms with Crippen molar-refractivity contribution in [1.82, 2.24) is 0 Å². The van der Waals surface area contributed by atoms with E-state index in [1.807, 2.05) is 0 Å². The summed E-state index contributed by atoms with van der Waals surface area (Å²) in [4.78, 5) is 0. The summed E-state index contributed by atoms with van der Waals surface area (Å²) < 4.78 is 35.4. The molecule has 0 fully saturated rings. The molecule has 1 aromatic rings. The zero-order valence-corrected chi connectivity index (χ0v) is 7.10. The maximum atomic E-state index is 11.8. The fraction of sp³-hybridized carbons (Fsp3) is 0.200. The van der Waals surface area contributed by atoms with E-state index in [-0.39, 0.29) is 6.08 Å². The third-order valence-corrected chi connectivity index (χ3v) is 1.64. The Labute approximate surface area is 74.7 Å². The second-order valence-corrected chi connectivity index (χ2v) is 2.73. The zero-order valence-electron chi connectivity index (χ0n) is 7.10. The van der Waals surface area contributed by atoms with E-state index < -0.39 is 6.18 Å². The molecule has 13 heavy (non-hydrogen) atoms. The van der Waals surface area contributed by atoms with Gasteiger partial charge >= 0.3 is 6.18 Å². The predicted molar refractivity (Wildman–Crippen MR) is 46.3 cm³/mol. The quantitative estimate of drug-likeness (QED) is 0.628. The van der Waals surface area contributed by atoms with Crippen LogP contribution in [0.2, 0.25) is 0 Å². The molecule has 3 heteroatoms. The molecule has 0 aromatic heterocycles. The highest BCUT2D eigenvalue weighted by molar-refractivity contribution is 5.53. The second-order valence-electron chi connectivity index (χ2n) is 2.73. The normalized spacial score (nSPS) is 12.3. The first-order chi connectivity index (χ1) is 5.99. The van der Waals surface area contributed by atoms with Crippen LogP contribution in [0.1, 0.15) is 11.1 Å². The number of alkyl halides is 3. The Morgan fingerprint density at radius 2 is 1.77 bits per heavy atom. The Morgan fingerprint density at radius 3 is 2.31 bits per heavy atom. The number of halogens is 3. The van der Waals surface area contributed by atoms with Gasteiger partial charge in [-0.1, -0.05) is 24.3 Å². The molecule has 0 aliphatic rings. The molecule has 0 unspecified atom stereocenters. The first-order valence-electron chi connectivity index (χ1n) is 3.80. The summed E-state index contributed by atoms with van der Waals surface area (Å²) in [6.45, 7) is 1.77. The molecular formula is C10H9F3. The maximum Gasteiger partial charge on any atom is 0.409 e. The van der Waals surface area contributed by atoms with Gasteiger partial charge in [0, 0.05) is 6.08 Å². The fourth-order valence-electron chi connectivity index (χ4n) is 0.958. The Kier molecular flexibility index (Phi) is 2.76. The van der Waals surface area contributed by atoms with E-state index in [4.69, 9.17) is 0 Å². The highest BCUT2D eigenvalue weighted by Gasteiger charge is 2.21.